The van der Waals surface area contributed by atoms with E-state index in [2.05, 4.69) is 0 Å². The summed E-state index contributed by atoms with van der Waals surface area (Å²) in [6, 6.07) is 7.48. The fourth-order valence-corrected chi connectivity index (χ4v) is 2.08. The lowest BCUT2D eigenvalue weighted by molar-refractivity contribution is -0.129. The van der Waals surface area contributed by atoms with Crippen LogP contribution < -0.4 is 0 Å². The van der Waals surface area contributed by atoms with Gasteiger partial charge in [-0.25, -0.2) is 9.00 Å². The van der Waals surface area contributed by atoms with Gasteiger partial charge in [0.2, 0.25) is 0 Å². The summed E-state index contributed by atoms with van der Waals surface area (Å²) in [6.07, 6.45) is 3.60. The lowest BCUT2D eigenvalue weighted by Crippen LogP contribution is -2.19. The number of carbonyl (C=O) groups is 1. The van der Waals surface area contributed by atoms with Gasteiger partial charge in [0.1, 0.15) is 16.1 Å². The smallest absolute Gasteiger partial charge is 0.345 e. The molecule has 0 bridgehead atoms. The third-order valence-corrected chi connectivity index (χ3v) is 2.99. The average Bonchev–Trinajstić information content (AvgIpc) is 2.63. The first-order chi connectivity index (χ1) is 7.24. The highest BCUT2D eigenvalue weighted by Gasteiger charge is 2.26. The maximum atomic E-state index is 10.8. The first-order valence-electron chi connectivity index (χ1n) is 4.41. The maximum Gasteiger partial charge on any atom is 0.345 e. The summed E-state index contributed by atoms with van der Waals surface area (Å²) in [7, 11) is 0. The van der Waals surface area contributed by atoms with Crippen LogP contribution in [0.5, 0.6) is 0 Å². The van der Waals surface area contributed by atoms with Gasteiger partial charge in [0.05, 0.1) is 0 Å². The first-order valence-corrected chi connectivity index (χ1v) is 5.15. The van der Waals surface area contributed by atoms with Crippen LogP contribution in [0, 0.1) is 0 Å². The Morgan fingerprint density at radius 1 is 1.33 bits per heavy atom. The summed E-state index contributed by atoms with van der Waals surface area (Å²) in [5.41, 5.74) is 1.87. The van der Waals surface area contributed by atoms with Gasteiger partial charge in [-0.05, 0) is 11.1 Å². The van der Waals surface area contributed by atoms with Gasteiger partial charge in [-0.15, -0.1) is 0 Å². The van der Waals surface area contributed by atoms with E-state index in [0.29, 0.717) is 0 Å². The molecule has 3 nitrogen and oxygen atoms in total. The van der Waals surface area contributed by atoms with E-state index in [1.807, 2.05) is 30.3 Å². The Hall–Kier alpha value is -1.68. The standard InChI is InChI=1S/C11H8O3S/c12-11(13)10(15-14)9-6-5-7-3-1-2-4-8(7)9/h1-6,9H,(H,12,13). The molecule has 0 spiro atoms. The molecule has 4 heteroatoms. The van der Waals surface area contributed by atoms with Gasteiger partial charge in [0.25, 0.3) is 0 Å². The van der Waals surface area contributed by atoms with Crippen molar-refractivity contribution >= 4 is 28.2 Å². The molecule has 0 heterocycles. The van der Waals surface area contributed by atoms with Crippen LogP contribution in [-0.2, 0) is 16.1 Å². The monoisotopic (exact) mass is 220 g/mol. The van der Waals surface area contributed by atoms with E-state index in [9.17, 15) is 9.00 Å². The van der Waals surface area contributed by atoms with Crippen LogP contribution in [0.15, 0.2) is 30.3 Å². The fraction of sp³-hybridized carbons (Fsp3) is 0.0909. The summed E-state index contributed by atoms with van der Waals surface area (Å²) in [5.74, 6) is -1.53. The minimum absolute atomic E-state index is 0.0547. The highest BCUT2D eigenvalue weighted by molar-refractivity contribution is 7.68. The van der Waals surface area contributed by atoms with Gasteiger partial charge < -0.3 is 5.11 Å². The summed E-state index contributed by atoms with van der Waals surface area (Å²) in [6.45, 7) is 0. The zero-order valence-electron chi connectivity index (χ0n) is 7.71. The predicted octanol–water partition coefficient (Wildman–Crippen LogP) is 1.27. The number of fused-ring (bicyclic) bond motifs is 1. The van der Waals surface area contributed by atoms with Crippen LogP contribution in [-0.4, -0.2) is 20.1 Å². The largest absolute Gasteiger partial charge is 0.477 e. The van der Waals surface area contributed by atoms with E-state index in [0.717, 1.165) is 11.1 Å². The molecule has 1 unspecified atom stereocenters. The lowest BCUT2D eigenvalue weighted by atomic mass is 9.98. The summed E-state index contributed by atoms with van der Waals surface area (Å²) >= 11 is 0.0547. The molecule has 0 fully saturated rings. The molecule has 1 aliphatic carbocycles. The molecule has 1 aromatic rings. The minimum Gasteiger partial charge on any atom is -0.477 e. The van der Waals surface area contributed by atoms with Gasteiger partial charge in [0.15, 0.2) is 0 Å². The van der Waals surface area contributed by atoms with Crippen LogP contribution >= 0.6 is 0 Å². The Kier molecular flexibility index (Phi) is 2.51. The van der Waals surface area contributed by atoms with Gasteiger partial charge >= 0.3 is 5.97 Å². The highest BCUT2D eigenvalue weighted by atomic mass is 32.1. The molecule has 1 aliphatic rings. The molecule has 0 aliphatic heterocycles. The molecular formula is C11H8O3S. The molecule has 0 saturated heterocycles. The summed E-state index contributed by atoms with van der Waals surface area (Å²) < 4.78 is 10.7. The number of carboxylic acids is 1. The SMILES string of the molecule is O=S=C(C(=O)O)C1C=Cc2ccccc21. The number of benzene rings is 1. The third-order valence-electron chi connectivity index (χ3n) is 2.38. The maximum absolute atomic E-state index is 10.8. The molecule has 0 saturated carbocycles. The third kappa shape index (κ3) is 1.64. The van der Waals surface area contributed by atoms with E-state index in [1.165, 1.54) is 0 Å². The van der Waals surface area contributed by atoms with Crippen molar-refractivity contribution in [1.82, 2.24) is 0 Å². The van der Waals surface area contributed by atoms with Gasteiger partial charge in [0, 0.05) is 5.92 Å². The number of aliphatic carboxylic acids is 1. The van der Waals surface area contributed by atoms with Crippen molar-refractivity contribution < 1.29 is 14.1 Å². The van der Waals surface area contributed by atoms with Crippen molar-refractivity contribution in [3.63, 3.8) is 0 Å². The van der Waals surface area contributed by atoms with E-state index in [1.54, 1.807) is 6.08 Å². The first kappa shape index (κ1) is 9.86. The zero-order chi connectivity index (χ0) is 10.8. The van der Waals surface area contributed by atoms with Gasteiger partial charge in [-0.2, -0.15) is 0 Å². The van der Waals surface area contributed by atoms with Gasteiger partial charge in [-0.1, -0.05) is 36.4 Å². The minimum atomic E-state index is -1.14. The number of hydrogen-bond acceptors (Lipinski definition) is 2. The summed E-state index contributed by atoms with van der Waals surface area (Å²) in [4.78, 5) is 10.8. The normalized spacial score (nSPS) is 17.2. The molecule has 0 amide bonds. The van der Waals surface area contributed by atoms with E-state index in [4.69, 9.17) is 5.11 Å². The molecule has 1 N–H and O–H groups in total. The topological polar surface area (TPSA) is 54.4 Å². The van der Waals surface area contributed by atoms with Gasteiger partial charge in [-0.3, -0.25) is 0 Å². The molecule has 2 rings (SSSR count). The van der Waals surface area contributed by atoms with Crippen LogP contribution in [0.2, 0.25) is 0 Å². The Morgan fingerprint density at radius 3 is 2.73 bits per heavy atom. The molecule has 0 aromatic heterocycles. The highest BCUT2D eigenvalue weighted by Crippen LogP contribution is 2.30. The Bertz CT molecular complexity index is 498. The molecule has 1 atom stereocenters. The quantitative estimate of drug-likeness (QED) is 0.763. The van der Waals surface area contributed by atoms with E-state index in [-0.39, 0.29) is 22.0 Å². The second kappa shape index (κ2) is 3.82. The zero-order valence-corrected chi connectivity index (χ0v) is 8.53. The Balaban J connectivity index is 2.48. The lowest BCUT2D eigenvalue weighted by Gasteiger charge is -2.07. The Labute approximate surface area is 90.1 Å². The van der Waals surface area contributed by atoms with Crippen molar-refractivity contribution in [1.29, 1.82) is 0 Å². The van der Waals surface area contributed by atoms with Crippen molar-refractivity contribution in [2.24, 2.45) is 0 Å². The van der Waals surface area contributed by atoms with Crippen LogP contribution in [0.3, 0.4) is 0 Å². The molecular weight excluding hydrogens is 212 g/mol. The van der Waals surface area contributed by atoms with Crippen LogP contribution in [0.25, 0.3) is 6.08 Å². The van der Waals surface area contributed by atoms with Crippen LogP contribution in [0.1, 0.15) is 17.0 Å². The number of rotatable bonds is 2. The van der Waals surface area contributed by atoms with Crippen molar-refractivity contribution in [2.75, 3.05) is 0 Å². The average molecular weight is 220 g/mol. The van der Waals surface area contributed by atoms with Crippen molar-refractivity contribution in [3.05, 3.63) is 41.5 Å². The second-order valence-corrected chi connectivity index (χ2v) is 3.82. The predicted molar refractivity (Wildman–Crippen MR) is 59.0 cm³/mol. The molecule has 1 aromatic carbocycles. The van der Waals surface area contributed by atoms with Crippen molar-refractivity contribution in [2.45, 2.75) is 5.92 Å². The summed E-state index contributed by atoms with van der Waals surface area (Å²) in [5, 5.41) is 8.87. The molecule has 76 valence electrons. The van der Waals surface area contributed by atoms with Crippen LogP contribution in [0.4, 0.5) is 0 Å². The number of allylic oxidation sites excluding steroid dienone is 1. The number of hydrogen-bond donors (Lipinski definition) is 1. The van der Waals surface area contributed by atoms with E-state index >= 15 is 0 Å². The molecule has 15 heavy (non-hydrogen) atoms. The number of carboxylic acid groups (broad SMARTS) is 1. The second-order valence-electron chi connectivity index (χ2n) is 3.22. The molecule has 0 radical (unpaired) electrons. The van der Waals surface area contributed by atoms with E-state index < -0.39 is 5.97 Å². The Morgan fingerprint density at radius 2 is 2.07 bits per heavy atom. The fourth-order valence-electron chi connectivity index (χ4n) is 1.70. The van der Waals surface area contributed by atoms with Crippen molar-refractivity contribution in [3.8, 4) is 0 Å².